The molecule has 0 saturated carbocycles. The smallest absolute Gasteiger partial charge is 0.327 e. The van der Waals surface area contributed by atoms with Crippen molar-refractivity contribution in [2.45, 2.75) is 12.3 Å². The molecule has 2 saturated heterocycles. The Bertz CT molecular complexity index is 456. The highest BCUT2D eigenvalue weighted by atomic mass is 16.5. The molecule has 14 nitrogen and oxygen atoms in total. The Labute approximate surface area is 173 Å². The van der Waals surface area contributed by atoms with Gasteiger partial charge in [0.25, 0.3) is 0 Å². The summed E-state index contributed by atoms with van der Waals surface area (Å²) in [7, 11) is 0. The van der Waals surface area contributed by atoms with E-state index in [2.05, 4.69) is 0 Å². The lowest BCUT2D eigenvalue weighted by molar-refractivity contribution is -0.0449. The maximum atomic E-state index is 13.0. The van der Waals surface area contributed by atoms with Crippen LogP contribution in [0.1, 0.15) is 0 Å². The third-order valence-corrected chi connectivity index (χ3v) is 4.39. The molecule has 14 heteroatoms. The minimum atomic E-state index is -0.808. The second kappa shape index (κ2) is 12.8. The lowest BCUT2D eigenvalue weighted by atomic mass is 10.3. The van der Waals surface area contributed by atoms with Gasteiger partial charge < -0.3 is 39.4 Å². The van der Waals surface area contributed by atoms with Crippen molar-refractivity contribution in [1.82, 2.24) is 19.6 Å². The average Bonchev–Trinajstić information content (AvgIpc) is 3.15. The Morgan fingerprint density at radius 1 is 0.533 bits per heavy atom. The van der Waals surface area contributed by atoms with Gasteiger partial charge in [-0.25, -0.2) is 9.59 Å². The van der Waals surface area contributed by atoms with Crippen molar-refractivity contribution in [3.63, 3.8) is 0 Å². The van der Waals surface area contributed by atoms with Gasteiger partial charge in [0.05, 0.1) is 52.9 Å². The number of hydrogen-bond donors (Lipinski definition) is 4. The summed E-state index contributed by atoms with van der Waals surface area (Å²) in [5.41, 5.74) is 0. The molecule has 2 aliphatic heterocycles. The zero-order valence-corrected chi connectivity index (χ0v) is 16.7. The van der Waals surface area contributed by atoms with E-state index in [9.17, 15) is 9.59 Å². The summed E-state index contributed by atoms with van der Waals surface area (Å²) < 4.78 is 21.2. The van der Waals surface area contributed by atoms with Gasteiger partial charge >= 0.3 is 12.1 Å². The third-order valence-electron chi connectivity index (χ3n) is 4.39. The van der Waals surface area contributed by atoms with E-state index in [1.807, 2.05) is 0 Å². The molecule has 4 amide bonds. The van der Waals surface area contributed by atoms with E-state index in [0.29, 0.717) is 0 Å². The van der Waals surface area contributed by atoms with E-state index in [-0.39, 0.29) is 79.8 Å². The van der Waals surface area contributed by atoms with E-state index in [1.54, 1.807) is 0 Å². The number of aliphatic hydroxyl groups is 4. The number of fused-ring (bicyclic) bond motifs is 1. The SMILES string of the molecule is O=C1N(COCCO)C2C(N1COCCO)N(COCCO)C(=O)N2COCCO. The van der Waals surface area contributed by atoms with Crippen LogP contribution < -0.4 is 0 Å². The van der Waals surface area contributed by atoms with Gasteiger partial charge in [-0.05, 0) is 0 Å². The van der Waals surface area contributed by atoms with Crippen molar-refractivity contribution in [2.75, 3.05) is 79.8 Å². The molecule has 0 aromatic rings. The second-order valence-electron chi connectivity index (χ2n) is 6.32. The van der Waals surface area contributed by atoms with Crippen LogP contribution >= 0.6 is 0 Å². The molecular weight excluding hydrogens is 408 g/mol. The summed E-state index contributed by atoms with van der Waals surface area (Å²) >= 11 is 0. The number of hydrogen-bond acceptors (Lipinski definition) is 10. The number of urea groups is 2. The van der Waals surface area contributed by atoms with Crippen molar-refractivity contribution in [3.05, 3.63) is 0 Å². The van der Waals surface area contributed by atoms with Gasteiger partial charge in [-0.2, -0.15) is 0 Å². The normalized spacial score (nSPS) is 21.3. The number of carbonyl (C=O) groups is 2. The Balaban J connectivity index is 2.26. The van der Waals surface area contributed by atoms with Crippen LogP contribution in [0.5, 0.6) is 0 Å². The first kappa shape index (κ1) is 24.5. The number of carbonyl (C=O) groups excluding carboxylic acids is 2. The largest absolute Gasteiger partial charge is 0.394 e. The molecule has 0 aromatic carbocycles. The number of nitrogens with zero attached hydrogens (tertiary/aromatic N) is 4. The van der Waals surface area contributed by atoms with Crippen molar-refractivity contribution in [2.24, 2.45) is 0 Å². The van der Waals surface area contributed by atoms with Crippen molar-refractivity contribution in [3.8, 4) is 0 Å². The molecule has 0 aromatic heterocycles. The number of aliphatic hydroxyl groups excluding tert-OH is 4. The number of rotatable bonds is 16. The van der Waals surface area contributed by atoms with Crippen LogP contribution in [0.2, 0.25) is 0 Å². The standard InChI is InChI=1S/C16H30N4O10/c21-1-5-27-9-17-13-14(19(15(17)25)11-29-7-3-23)20(12-30-8-4-24)16(26)18(13)10-28-6-2-22/h13-14,21-24H,1-12H2. The van der Waals surface area contributed by atoms with Gasteiger partial charge in [0.15, 0.2) is 12.3 Å². The monoisotopic (exact) mass is 438 g/mol. The fraction of sp³-hybridized carbons (Fsp3) is 0.875. The van der Waals surface area contributed by atoms with E-state index in [4.69, 9.17) is 39.4 Å². The summed E-state index contributed by atoms with van der Waals surface area (Å²) in [6.45, 7) is -1.68. The molecule has 0 unspecified atom stereocenters. The fourth-order valence-electron chi connectivity index (χ4n) is 3.20. The van der Waals surface area contributed by atoms with Crippen LogP contribution in [0.3, 0.4) is 0 Å². The molecule has 2 rings (SSSR count). The average molecular weight is 438 g/mol. The summed E-state index contributed by atoms with van der Waals surface area (Å²) in [6.07, 6.45) is -1.62. The van der Waals surface area contributed by atoms with Gasteiger partial charge in [-0.1, -0.05) is 0 Å². The van der Waals surface area contributed by atoms with E-state index >= 15 is 0 Å². The van der Waals surface area contributed by atoms with Crippen LogP contribution in [0.4, 0.5) is 9.59 Å². The molecule has 0 radical (unpaired) electrons. The molecule has 30 heavy (non-hydrogen) atoms. The molecular formula is C16H30N4O10. The van der Waals surface area contributed by atoms with E-state index in [0.717, 1.165) is 0 Å². The Morgan fingerprint density at radius 3 is 0.967 bits per heavy atom. The van der Waals surface area contributed by atoms with Crippen LogP contribution in [-0.2, 0) is 18.9 Å². The minimum absolute atomic E-state index is 0.000460. The maximum absolute atomic E-state index is 13.0. The lowest BCUT2D eigenvalue weighted by Crippen LogP contribution is -2.48. The lowest BCUT2D eigenvalue weighted by Gasteiger charge is -2.29. The molecule has 0 atom stereocenters. The topological polar surface area (TPSA) is 165 Å². The molecule has 0 spiro atoms. The first-order valence-electron chi connectivity index (χ1n) is 9.51. The zero-order valence-electron chi connectivity index (χ0n) is 16.7. The van der Waals surface area contributed by atoms with Gasteiger partial charge in [-0.15, -0.1) is 0 Å². The summed E-state index contributed by atoms with van der Waals surface area (Å²) in [5.74, 6) is 0. The molecule has 0 bridgehead atoms. The van der Waals surface area contributed by atoms with Gasteiger partial charge in [-0.3, -0.25) is 19.6 Å². The quantitative estimate of drug-likeness (QED) is 0.182. The zero-order chi connectivity index (χ0) is 21.9. The van der Waals surface area contributed by atoms with Crippen LogP contribution in [0, 0.1) is 0 Å². The Kier molecular flexibility index (Phi) is 10.5. The molecule has 2 heterocycles. The fourth-order valence-corrected chi connectivity index (χ4v) is 3.20. The number of ether oxygens (including phenoxy) is 4. The molecule has 2 fully saturated rings. The maximum Gasteiger partial charge on any atom is 0.327 e. The molecule has 2 aliphatic rings. The highest BCUT2D eigenvalue weighted by Crippen LogP contribution is 2.35. The first-order chi connectivity index (χ1) is 14.6. The molecule has 4 N–H and O–H groups in total. The second-order valence-corrected chi connectivity index (χ2v) is 6.32. The Morgan fingerprint density at radius 2 is 0.767 bits per heavy atom. The highest BCUT2D eigenvalue weighted by molar-refractivity contribution is 5.85. The van der Waals surface area contributed by atoms with Gasteiger partial charge in [0.2, 0.25) is 0 Å². The minimum Gasteiger partial charge on any atom is -0.394 e. The van der Waals surface area contributed by atoms with Gasteiger partial charge in [0.1, 0.15) is 26.9 Å². The highest BCUT2D eigenvalue weighted by Gasteiger charge is 2.59. The summed E-state index contributed by atoms with van der Waals surface area (Å²) in [6, 6.07) is -0.958. The predicted molar refractivity (Wildman–Crippen MR) is 97.3 cm³/mol. The Hall–Kier alpha value is -1.78. The van der Waals surface area contributed by atoms with E-state index in [1.165, 1.54) is 19.6 Å². The first-order valence-corrected chi connectivity index (χ1v) is 9.51. The summed E-state index contributed by atoms with van der Waals surface area (Å²) in [5, 5.41) is 35.8. The van der Waals surface area contributed by atoms with Crippen LogP contribution in [0.15, 0.2) is 0 Å². The number of amides is 4. The van der Waals surface area contributed by atoms with Crippen LogP contribution in [-0.4, -0.2) is 144 Å². The predicted octanol–water partition coefficient (Wildman–Crippen LogP) is -3.02. The van der Waals surface area contributed by atoms with Crippen LogP contribution in [0.25, 0.3) is 0 Å². The molecule has 174 valence electrons. The van der Waals surface area contributed by atoms with Crippen molar-refractivity contribution >= 4 is 12.1 Å². The summed E-state index contributed by atoms with van der Waals surface area (Å²) in [4.78, 5) is 31.2. The van der Waals surface area contributed by atoms with Crippen molar-refractivity contribution < 1.29 is 49.0 Å². The third kappa shape index (κ3) is 5.67. The van der Waals surface area contributed by atoms with Crippen molar-refractivity contribution in [1.29, 1.82) is 0 Å². The van der Waals surface area contributed by atoms with E-state index < -0.39 is 24.4 Å². The van der Waals surface area contributed by atoms with Gasteiger partial charge in [0, 0.05) is 0 Å². The molecule has 0 aliphatic carbocycles.